The van der Waals surface area contributed by atoms with Gasteiger partial charge in [0, 0.05) is 17.2 Å². The summed E-state index contributed by atoms with van der Waals surface area (Å²) < 4.78 is 10.5. The lowest BCUT2D eigenvalue weighted by Gasteiger charge is -2.07. The number of hydrazone groups is 1. The first-order valence-corrected chi connectivity index (χ1v) is 10.0. The summed E-state index contributed by atoms with van der Waals surface area (Å²) in [5.41, 5.74) is 3.00. The number of benzene rings is 3. The Hall–Kier alpha value is -3.95. The van der Waals surface area contributed by atoms with Crippen molar-refractivity contribution in [2.45, 2.75) is 0 Å². The van der Waals surface area contributed by atoms with E-state index in [1.54, 1.807) is 24.3 Å². The van der Waals surface area contributed by atoms with Crippen LogP contribution in [0.2, 0.25) is 10.0 Å². The number of nitro groups is 1. The van der Waals surface area contributed by atoms with Crippen LogP contribution in [0.3, 0.4) is 0 Å². The van der Waals surface area contributed by atoms with E-state index in [4.69, 9.17) is 32.7 Å². The van der Waals surface area contributed by atoms with Gasteiger partial charge in [-0.2, -0.15) is 5.10 Å². The third kappa shape index (κ3) is 7.03. The van der Waals surface area contributed by atoms with Crippen molar-refractivity contribution in [1.82, 2.24) is 5.43 Å². The molecule has 0 spiro atoms. The van der Waals surface area contributed by atoms with Crippen LogP contribution in [0.1, 0.15) is 15.9 Å². The fourth-order valence-corrected chi connectivity index (χ4v) is 2.92. The monoisotopic (exact) mass is 487 g/mol. The lowest BCUT2D eigenvalue weighted by molar-refractivity contribution is -0.384. The molecule has 1 amide bonds. The minimum atomic E-state index is -0.653. The smallest absolute Gasteiger partial charge is 0.343 e. The molecule has 0 heterocycles. The molecule has 0 aliphatic heterocycles. The van der Waals surface area contributed by atoms with E-state index in [9.17, 15) is 19.7 Å². The molecule has 0 saturated carbocycles. The van der Waals surface area contributed by atoms with Crippen molar-refractivity contribution in [3.8, 4) is 11.5 Å². The highest BCUT2D eigenvalue weighted by Gasteiger charge is 2.11. The van der Waals surface area contributed by atoms with E-state index in [0.717, 1.165) is 0 Å². The molecule has 9 nitrogen and oxygen atoms in total. The number of carbonyl (C=O) groups is 2. The molecule has 0 saturated heterocycles. The quantitative estimate of drug-likeness (QED) is 0.162. The molecule has 11 heteroatoms. The number of hydrogen-bond donors (Lipinski definition) is 1. The van der Waals surface area contributed by atoms with Crippen molar-refractivity contribution >= 4 is 47.0 Å². The minimum Gasteiger partial charge on any atom is -0.482 e. The molecule has 33 heavy (non-hydrogen) atoms. The molecule has 0 radical (unpaired) electrons. The number of halogens is 2. The number of amides is 1. The number of nitrogens with zero attached hydrogens (tertiary/aromatic N) is 2. The maximum Gasteiger partial charge on any atom is 0.343 e. The molecule has 0 aliphatic rings. The third-order valence-corrected chi connectivity index (χ3v) is 4.59. The van der Waals surface area contributed by atoms with Crippen molar-refractivity contribution in [2.75, 3.05) is 6.61 Å². The number of non-ortho nitro benzene ring substituents is 1. The molecule has 3 rings (SSSR count). The van der Waals surface area contributed by atoms with Crippen molar-refractivity contribution in [1.29, 1.82) is 0 Å². The number of ether oxygens (including phenoxy) is 2. The topological polar surface area (TPSA) is 120 Å². The number of carbonyl (C=O) groups excluding carboxylic acids is 2. The molecular weight excluding hydrogens is 473 g/mol. The van der Waals surface area contributed by atoms with E-state index in [0.29, 0.717) is 16.3 Å². The lowest BCUT2D eigenvalue weighted by atomic mass is 10.2. The van der Waals surface area contributed by atoms with Crippen LogP contribution in [0, 0.1) is 10.1 Å². The summed E-state index contributed by atoms with van der Waals surface area (Å²) in [5.74, 6) is -0.558. The van der Waals surface area contributed by atoms with Crippen LogP contribution < -0.4 is 14.9 Å². The Labute approximate surface area is 197 Å². The van der Waals surface area contributed by atoms with Crippen molar-refractivity contribution in [3.63, 3.8) is 0 Å². The molecule has 0 atom stereocenters. The summed E-state index contributed by atoms with van der Waals surface area (Å²) in [4.78, 5) is 34.1. The van der Waals surface area contributed by atoms with Crippen LogP contribution in [0.4, 0.5) is 5.69 Å². The average molecular weight is 488 g/mol. The summed E-state index contributed by atoms with van der Waals surface area (Å²) in [6.45, 7) is -0.295. The lowest BCUT2D eigenvalue weighted by Crippen LogP contribution is -2.24. The first-order chi connectivity index (χ1) is 15.8. The number of hydrogen-bond acceptors (Lipinski definition) is 7. The Morgan fingerprint density at radius 2 is 1.73 bits per heavy atom. The first-order valence-electron chi connectivity index (χ1n) is 9.28. The van der Waals surface area contributed by atoms with Gasteiger partial charge in [0.2, 0.25) is 0 Å². The van der Waals surface area contributed by atoms with E-state index in [1.807, 2.05) is 0 Å². The summed E-state index contributed by atoms with van der Waals surface area (Å²) in [5, 5.41) is 15.2. The maximum atomic E-state index is 12.1. The van der Waals surface area contributed by atoms with Gasteiger partial charge in [-0.3, -0.25) is 14.9 Å². The normalized spacial score (nSPS) is 10.6. The second-order valence-corrected chi connectivity index (χ2v) is 7.26. The van der Waals surface area contributed by atoms with Gasteiger partial charge in [0.05, 0.1) is 21.7 Å². The Morgan fingerprint density at radius 1 is 1.03 bits per heavy atom. The SMILES string of the molecule is O=C(COc1ccc(Cl)cc1Cl)N/N=C/c1ccc(OC(=O)c2ccc([N+](=O)[O-])cc2)cc1. The van der Waals surface area contributed by atoms with Crippen LogP contribution in [0.5, 0.6) is 11.5 Å². The van der Waals surface area contributed by atoms with E-state index in [1.165, 1.54) is 48.7 Å². The van der Waals surface area contributed by atoms with Gasteiger partial charge in [-0.15, -0.1) is 0 Å². The molecule has 0 fully saturated rings. The predicted molar refractivity (Wildman–Crippen MR) is 122 cm³/mol. The molecule has 3 aromatic rings. The summed E-state index contributed by atoms with van der Waals surface area (Å²) in [6, 6.07) is 16.0. The number of nitrogens with one attached hydrogen (secondary N) is 1. The van der Waals surface area contributed by atoms with Crippen molar-refractivity contribution in [2.24, 2.45) is 5.10 Å². The van der Waals surface area contributed by atoms with E-state index in [-0.39, 0.29) is 28.6 Å². The number of nitro benzene ring substituents is 1. The standard InChI is InChI=1S/C22H15Cl2N3O6/c23-16-5-10-20(19(24)11-16)32-13-21(28)26-25-12-14-1-8-18(9-2-14)33-22(29)15-3-6-17(7-4-15)27(30)31/h1-12H,13H2,(H,26,28)/b25-12+. The van der Waals surface area contributed by atoms with Gasteiger partial charge in [0.1, 0.15) is 11.5 Å². The Morgan fingerprint density at radius 3 is 2.36 bits per heavy atom. The van der Waals surface area contributed by atoms with Crippen molar-refractivity contribution < 1.29 is 24.0 Å². The Balaban J connectivity index is 1.47. The summed E-state index contributed by atoms with van der Waals surface area (Å²) in [6.07, 6.45) is 1.40. The third-order valence-electron chi connectivity index (χ3n) is 4.06. The predicted octanol–water partition coefficient (Wildman–Crippen LogP) is 4.65. The van der Waals surface area contributed by atoms with Gasteiger partial charge >= 0.3 is 5.97 Å². The van der Waals surface area contributed by atoms with Crippen LogP contribution in [-0.4, -0.2) is 29.6 Å². The minimum absolute atomic E-state index is 0.123. The molecule has 0 aliphatic carbocycles. The van der Waals surface area contributed by atoms with Gasteiger partial charge in [-0.05, 0) is 60.2 Å². The molecule has 1 N–H and O–H groups in total. The van der Waals surface area contributed by atoms with Crippen LogP contribution in [0.15, 0.2) is 71.8 Å². The zero-order valence-corrected chi connectivity index (χ0v) is 18.2. The van der Waals surface area contributed by atoms with Gasteiger partial charge in [0.25, 0.3) is 11.6 Å². The number of esters is 1. The highest BCUT2D eigenvalue weighted by Crippen LogP contribution is 2.27. The Kier molecular flexibility index (Phi) is 7.96. The van der Waals surface area contributed by atoms with Crippen LogP contribution in [-0.2, 0) is 4.79 Å². The molecular formula is C22H15Cl2N3O6. The average Bonchev–Trinajstić information content (AvgIpc) is 2.79. The van der Waals surface area contributed by atoms with Crippen LogP contribution >= 0.6 is 23.2 Å². The fourth-order valence-electron chi connectivity index (χ4n) is 2.45. The molecule has 3 aromatic carbocycles. The zero-order valence-electron chi connectivity index (χ0n) is 16.7. The summed E-state index contributed by atoms with van der Waals surface area (Å²) >= 11 is 11.8. The van der Waals surface area contributed by atoms with Crippen molar-refractivity contribution in [3.05, 3.63) is 98.0 Å². The fraction of sp³-hybridized carbons (Fsp3) is 0.0455. The largest absolute Gasteiger partial charge is 0.482 e. The first kappa shape index (κ1) is 23.7. The van der Waals surface area contributed by atoms with Gasteiger partial charge in [-0.1, -0.05) is 23.2 Å². The summed E-state index contributed by atoms with van der Waals surface area (Å²) in [7, 11) is 0. The number of rotatable bonds is 8. The van der Waals surface area contributed by atoms with Gasteiger partial charge < -0.3 is 9.47 Å². The van der Waals surface area contributed by atoms with E-state index >= 15 is 0 Å². The van der Waals surface area contributed by atoms with E-state index < -0.39 is 16.8 Å². The Bertz CT molecular complexity index is 1200. The van der Waals surface area contributed by atoms with Gasteiger partial charge in [0.15, 0.2) is 6.61 Å². The highest BCUT2D eigenvalue weighted by molar-refractivity contribution is 6.35. The maximum absolute atomic E-state index is 12.1. The zero-order chi connectivity index (χ0) is 23.8. The second kappa shape index (κ2) is 11.1. The highest BCUT2D eigenvalue weighted by atomic mass is 35.5. The molecule has 168 valence electrons. The molecule has 0 bridgehead atoms. The molecule has 0 unspecified atom stereocenters. The van der Waals surface area contributed by atoms with Crippen LogP contribution in [0.25, 0.3) is 0 Å². The molecule has 0 aromatic heterocycles. The second-order valence-electron chi connectivity index (χ2n) is 6.42. The van der Waals surface area contributed by atoms with Gasteiger partial charge in [-0.25, -0.2) is 10.2 Å². The van der Waals surface area contributed by atoms with E-state index in [2.05, 4.69) is 10.5 Å².